The van der Waals surface area contributed by atoms with Crippen LogP contribution in [0.5, 0.6) is 0 Å². The molecule has 26 heavy (non-hydrogen) atoms. The van der Waals surface area contributed by atoms with Gasteiger partial charge in [0.1, 0.15) is 11.4 Å². The molecule has 3 rings (SSSR count). The van der Waals surface area contributed by atoms with Gasteiger partial charge in [-0.15, -0.1) is 0 Å². The van der Waals surface area contributed by atoms with Crippen molar-refractivity contribution in [2.24, 2.45) is 5.92 Å². The number of hydrogen-bond acceptors (Lipinski definition) is 6. The van der Waals surface area contributed by atoms with Gasteiger partial charge >= 0.3 is 6.18 Å². The number of nitrogens with zero attached hydrogens (tertiary/aromatic N) is 5. The summed E-state index contributed by atoms with van der Waals surface area (Å²) in [5.74, 6) is -0.153. The average molecular weight is 365 g/mol. The maximum Gasteiger partial charge on any atom is 0.421 e. The summed E-state index contributed by atoms with van der Waals surface area (Å²) >= 11 is 0. The van der Waals surface area contributed by atoms with Crippen LogP contribution < -0.4 is 10.6 Å². The van der Waals surface area contributed by atoms with Crippen molar-refractivity contribution in [3.63, 3.8) is 0 Å². The van der Waals surface area contributed by atoms with Crippen LogP contribution in [0, 0.1) is 24.2 Å². The summed E-state index contributed by atoms with van der Waals surface area (Å²) in [5.41, 5.74) is 0.529. The van der Waals surface area contributed by atoms with Crippen LogP contribution in [0.25, 0.3) is 0 Å². The fourth-order valence-corrected chi connectivity index (χ4v) is 2.88. The van der Waals surface area contributed by atoms with Gasteiger partial charge in [0.15, 0.2) is 0 Å². The lowest BCUT2D eigenvalue weighted by atomic mass is 9.81. The lowest BCUT2D eigenvalue weighted by Crippen LogP contribution is -2.27. The topological polar surface area (TPSA) is 91.5 Å². The molecule has 1 aliphatic carbocycles. The first-order valence-corrected chi connectivity index (χ1v) is 8.22. The highest BCUT2D eigenvalue weighted by molar-refractivity contribution is 5.58. The highest BCUT2D eigenvalue weighted by Gasteiger charge is 2.35. The molecule has 0 amide bonds. The lowest BCUT2D eigenvalue weighted by molar-refractivity contribution is -0.137. The molecule has 1 saturated carbocycles. The van der Waals surface area contributed by atoms with Crippen molar-refractivity contribution >= 4 is 17.5 Å². The molecule has 0 unspecified atom stereocenters. The standard InChI is InChI=1S/C16H18F3N7/c1-3-21-14-12(16(17,18)19)7-22-15(25-14)24-13-8-23-26(9(13)2)11-4-10(5-11)6-20/h7-8,10-11H,3-5H2,1-2H3,(H2,21,22,24,25)/t10-,11-. The Kier molecular flexibility index (Phi) is 4.71. The van der Waals surface area contributed by atoms with Crippen molar-refractivity contribution in [2.75, 3.05) is 17.2 Å². The van der Waals surface area contributed by atoms with Crippen molar-refractivity contribution in [1.82, 2.24) is 19.7 Å². The third-order valence-electron chi connectivity index (χ3n) is 4.37. The van der Waals surface area contributed by atoms with Gasteiger partial charge in [-0.25, -0.2) is 4.98 Å². The van der Waals surface area contributed by atoms with E-state index >= 15 is 0 Å². The van der Waals surface area contributed by atoms with Crippen molar-refractivity contribution < 1.29 is 13.2 Å². The van der Waals surface area contributed by atoms with Gasteiger partial charge < -0.3 is 10.6 Å². The lowest BCUT2D eigenvalue weighted by Gasteiger charge is -2.31. The normalized spacial score (nSPS) is 19.5. The molecular formula is C16H18F3N7. The van der Waals surface area contributed by atoms with Crippen LogP contribution in [-0.2, 0) is 6.18 Å². The van der Waals surface area contributed by atoms with E-state index in [1.54, 1.807) is 13.1 Å². The fourth-order valence-electron chi connectivity index (χ4n) is 2.88. The summed E-state index contributed by atoms with van der Waals surface area (Å²) in [6.45, 7) is 3.85. The third-order valence-corrected chi connectivity index (χ3v) is 4.37. The zero-order valence-corrected chi connectivity index (χ0v) is 14.3. The molecule has 2 N–H and O–H groups in total. The Hall–Kier alpha value is -2.83. The molecule has 1 aliphatic rings. The van der Waals surface area contributed by atoms with E-state index < -0.39 is 11.7 Å². The van der Waals surface area contributed by atoms with Crippen LogP contribution in [0.2, 0.25) is 0 Å². The summed E-state index contributed by atoms with van der Waals surface area (Å²) in [6.07, 6.45) is -0.683. The van der Waals surface area contributed by atoms with E-state index in [1.165, 1.54) is 0 Å². The fraction of sp³-hybridized carbons (Fsp3) is 0.500. The smallest absolute Gasteiger partial charge is 0.370 e. The number of nitriles is 1. The first kappa shape index (κ1) is 18.0. The van der Waals surface area contributed by atoms with Gasteiger partial charge in [0.25, 0.3) is 0 Å². The molecule has 10 heteroatoms. The third kappa shape index (κ3) is 3.42. The molecule has 0 bridgehead atoms. The van der Waals surface area contributed by atoms with Crippen molar-refractivity contribution in [1.29, 1.82) is 5.26 Å². The molecule has 1 fully saturated rings. The summed E-state index contributed by atoms with van der Waals surface area (Å²) in [6, 6.07) is 2.39. The number of hydrogen-bond donors (Lipinski definition) is 2. The zero-order chi connectivity index (χ0) is 18.9. The molecule has 0 atom stereocenters. The molecule has 2 aromatic rings. The van der Waals surface area contributed by atoms with E-state index in [1.807, 2.05) is 11.6 Å². The molecule has 0 aliphatic heterocycles. The predicted octanol–water partition coefficient (Wildman–Crippen LogP) is 3.65. The number of halogens is 3. The minimum Gasteiger partial charge on any atom is -0.370 e. The van der Waals surface area contributed by atoms with Crippen LogP contribution in [0.1, 0.15) is 37.1 Å². The largest absolute Gasteiger partial charge is 0.421 e. The molecule has 2 aromatic heterocycles. The van der Waals surface area contributed by atoms with Crippen LogP contribution in [0.4, 0.5) is 30.6 Å². The Morgan fingerprint density at radius 1 is 1.35 bits per heavy atom. The molecule has 0 aromatic carbocycles. The first-order valence-electron chi connectivity index (χ1n) is 8.22. The Balaban J connectivity index is 1.80. The van der Waals surface area contributed by atoms with Gasteiger partial charge in [-0.2, -0.15) is 28.5 Å². The van der Waals surface area contributed by atoms with E-state index in [0.717, 1.165) is 24.7 Å². The Labute approximate surface area is 148 Å². The van der Waals surface area contributed by atoms with Crippen LogP contribution in [0.3, 0.4) is 0 Å². The zero-order valence-electron chi connectivity index (χ0n) is 14.3. The van der Waals surface area contributed by atoms with Gasteiger partial charge in [0.05, 0.1) is 35.6 Å². The molecule has 0 radical (unpaired) electrons. The maximum absolute atomic E-state index is 13.0. The van der Waals surface area contributed by atoms with E-state index in [0.29, 0.717) is 12.2 Å². The van der Waals surface area contributed by atoms with Crippen LogP contribution in [-0.4, -0.2) is 26.3 Å². The Bertz CT molecular complexity index is 831. The van der Waals surface area contributed by atoms with Gasteiger partial charge in [-0.1, -0.05) is 0 Å². The molecule has 138 valence electrons. The van der Waals surface area contributed by atoms with Gasteiger partial charge in [-0.3, -0.25) is 4.68 Å². The van der Waals surface area contributed by atoms with Gasteiger partial charge in [0, 0.05) is 12.7 Å². The molecule has 0 spiro atoms. The maximum atomic E-state index is 13.0. The Morgan fingerprint density at radius 2 is 2.08 bits per heavy atom. The van der Waals surface area contributed by atoms with Crippen molar-refractivity contribution in [3.8, 4) is 6.07 Å². The van der Waals surface area contributed by atoms with E-state index in [-0.39, 0.29) is 23.7 Å². The Morgan fingerprint density at radius 3 is 2.69 bits per heavy atom. The molecule has 7 nitrogen and oxygen atoms in total. The second kappa shape index (κ2) is 6.82. The highest BCUT2D eigenvalue weighted by Crippen LogP contribution is 2.39. The number of anilines is 3. The summed E-state index contributed by atoms with van der Waals surface area (Å²) < 4.78 is 40.9. The van der Waals surface area contributed by atoms with Gasteiger partial charge in [-0.05, 0) is 26.7 Å². The SMILES string of the molecule is CCNc1nc(Nc2cnn([C@H]3C[C@H](C#N)C3)c2C)ncc1C(F)(F)F. The van der Waals surface area contributed by atoms with E-state index in [9.17, 15) is 13.2 Å². The van der Waals surface area contributed by atoms with Gasteiger partial charge in [0.2, 0.25) is 5.95 Å². The van der Waals surface area contributed by atoms with Crippen molar-refractivity contribution in [2.45, 2.75) is 38.9 Å². The second-order valence-electron chi connectivity index (χ2n) is 6.15. The molecule has 0 saturated heterocycles. The number of rotatable bonds is 5. The number of nitrogens with one attached hydrogen (secondary N) is 2. The average Bonchev–Trinajstić information content (AvgIpc) is 2.87. The quantitative estimate of drug-likeness (QED) is 0.840. The number of alkyl halides is 3. The monoisotopic (exact) mass is 365 g/mol. The minimum atomic E-state index is -4.53. The summed E-state index contributed by atoms with van der Waals surface area (Å²) in [4.78, 5) is 7.72. The highest BCUT2D eigenvalue weighted by atomic mass is 19.4. The van der Waals surface area contributed by atoms with Crippen LogP contribution >= 0.6 is 0 Å². The van der Waals surface area contributed by atoms with Crippen LogP contribution in [0.15, 0.2) is 12.4 Å². The van der Waals surface area contributed by atoms with E-state index in [2.05, 4.69) is 31.8 Å². The first-order chi connectivity index (χ1) is 12.3. The molecule has 2 heterocycles. The second-order valence-corrected chi connectivity index (χ2v) is 6.15. The number of aromatic nitrogens is 4. The summed E-state index contributed by atoms with van der Waals surface area (Å²) in [5, 5.41) is 18.7. The van der Waals surface area contributed by atoms with Crippen molar-refractivity contribution in [3.05, 3.63) is 23.7 Å². The predicted molar refractivity (Wildman–Crippen MR) is 88.8 cm³/mol. The van der Waals surface area contributed by atoms with E-state index in [4.69, 9.17) is 5.26 Å². The molecular weight excluding hydrogens is 347 g/mol. The summed E-state index contributed by atoms with van der Waals surface area (Å²) in [7, 11) is 0. The minimum absolute atomic E-state index is 0.0557.